The summed E-state index contributed by atoms with van der Waals surface area (Å²) in [5, 5.41) is 0. The van der Waals surface area contributed by atoms with Crippen molar-refractivity contribution in [1.29, 1.82) is 0 Å². The van der Waals surface area contributed by atoms with E-state index in [2.05, 4.69) is 35.3 Å². The highest BCUT2D eigenvalue weighted by Gasteiger charge is 2.06. The van der Waals surface area contributed by atoms with Crippen molar-refractivity contribution in [2.45, 2.75) is 24.7 Å². The standard InChI is InChI=1S/C14H16N2S/c1-3-5-11-6-4-9-15-14(11)13-8-7-12(17-2)10-16-13/h4,6-10H,3,5H2,1-2H3. The molecule has 0 saturated carbocycles. The molecule has 2 nitrogen and oxygen atoms in total. The molecule has 0 spiro atoms. The molecule has 0 aliphatic carbocycles. The Balaban J connectivity index is 2.37. The SMILES string of the molecule is CCCc1cccnc1-c1ccc(SC)cn1. The van der Waals surface area contributed by atoms with Crippen LogP contribution in [0.3, 0.4) is 0 Å². The van der Waals surface area contributed by atoms with Crippen molar-refractivity contribution in [2.24, 2.45) is 0 Å². The third kappa shape index (κ3) is 2.86. The fraction of sp³-hybridized carbons (Fsp3) is 0.286. The normalized spacial score (nSPS) is 10.5. The topological polar surface area (TPSA) is 25.8 Å². The van der Waals surface area contributed by atoms with Gasteiger partial charge in [0.15, 0.2) is 0 Å². The third-order valence-electron chi connectivity index (χ3n) is 2.63. The maximum atomic E-state index is 4.48. The van der Waals surface area contributed by atoms with Gasteiger partial charge in [-0.1, -0.05) is 19.4 Å². The van der Waals surface area contributed by atoms with Gasteiger partial charge in [0.05, 0.1) is 11.4 Å². The highest BCUT2D eigenvalue weighted by molar-refractivity contribution is 7.98. The molecule has 2 aromatic heterocycles. The summed E-state index contributed by atoms with van der Waals surface area (Å²) in [6.07, 6.45) is 7.97. The van der Waals surface area contributed by atoms with Gasteiger partial charge in [-0.15, -0.1) is 11.8 Å². The molecule has 2 aromatic rings. The van der Waals surface area contributed by atoms with Crippen LogP contribution in [0.2, 0.25) is 0 Å². The van der Waals surface area contributed by atoms with Crippen molar-refractivity contribution in [3.8, 4) is 11.4 Å². The maximum absolute atomic E-state index is 4.48. The van der Waals surface area contributed by atoms with E-state index in [9.17, 15) is 0 Å². The summed E-state index contributed by atoms with van der Waals surface area (Å²) in [6.45, 7) is 2.18. The number of thioether (sulfide) groups is 1. The Morgan fingerprint density at radius 2 is 2.06 bits per heavy atom. The Morgan fingerprint density at radius 1 is 1.18 bits per heavy atom. The zero-order chi connectivity index (χ0) is 12.1. The van der Waals surface area contributed by atoms with Crippen molar-refractivity contribution in [2.75, 3.05) is 6.26 Å². The second kappa shape index (κ2) is 5.82. The van der Waals surface area contributed by atoms with Gasteiger partial charge in [-0.3, -0.25) is 9.97 Å². The van der Waals surface area contributed by atoms with Gasteiger partial charge in [-0.05, 0) is 36.4 Å². The minimum Gasteiger partial charge on any atom is -0.254 e. The predicted molar refractivity (Wildman–Crippen MR) is 73.2 cm³/mol. The molecule has 0 aromatic carbocycles. The van der Waals surface area contributed by atoms with Gasteiger partial charge in [-0.25, -0.2) is 0 Å². The van der Waals surface area contributed by atoms with E-state index in [1.54, 1.807) is 11.8 Å². The zero-order valence-electron chi connectivity index (χ0n) is 10.2. The van der Waals surface area contributed by atoms with E-state index < -0.39 is 0 Å². The summed E-state index contributed by atoms with van der Waals surface area (Å²) in [5.74, 6) is 0. The highest BCUT2D eigenvalue weighted by Crippen LogP contribution is 2.22. The number of aryl methyl sites for hydroxylation is 1. The Hall–Kier alpha value is -1.35. The molecule has 88 valence electrons. The molecule has 0 fully saturated rings. The molecule has 3 heteroatoms. The van der Waals surface area contributed by atoms with Crippen LogP contribution >= 0.6 is 11.8 Å². The quantitative estimate of drug-likeness (QED) is 0.765. The van der Waals surface area contributed by atoms with Crippen LogP contribution in [0, 0.1) is 0 Å². The Labute approximate surface area is 107 Å². The van der Waals surface area contributed by atoms with Gasteiger partial charge in [0.25, 0.3) is 0 Å². The van der Waals surface area contributed by atoms with Gasteiger partial charge < -0.3 is 0 Å². The van der Waals surface area contributed by atoms with E-state index in [1.165, 1.54) is 10.5 Å². The smallest absolute Gasteiger partial charge is 0.0918 e. The Morgan fingerprint density at radius 3 is 2.71 bits per heavy atom. The average molecular weight is 244 g/mol. The molecule has 2 heterocycles. The second-order valence-corrected chi connectivity index (χ2v) is 4.72. The van der Waals surface area contributed by atoms with E-state index in [4.69, 9.17) is 0 Å². The summed E-state index contributed by atoms with van der Waals surface area (Å²) < 4.78 is 0. The predicted octanol–water partition coefficient (Wildman–Crippen LogP) is 3.82. The fourth-order valence-corrected chi connectivity index (χ4v) is 2.14. The lowest BCUT2D eigenvalue weighted by Crippen LogP contribution is -1.94. The molecule has 0 unspecified atom stereocenters. The first kappa shape index (κ1) is 12.1. The first-order valence-electron chi connectivity index (χ1n) is 5.79. The molecular weight excluding hydrogens is 228 g/mol. The van der Waals surface area contributed by atoms with Crippen LogP contribution < -0.4 is 0 Å². The monoisotopic (exact) mass is 244 g/mol. The molecular formula is C14H16N2S. The first-order valence-corrected chi connectivity index (χ1v) is 7.02. The molecule has 0 aliphatic heterocycles. The summed E-state index contributed by atoms with van der Waals surface area (Å²) in [7, 11) is 0. The van der Waals surface area contributed by atoms with Crippen LogP contribution in [-0.4, -0.2) is 16.2 Å². The van der Waals surface area contributed by atoms with Gasteiger partial charge in [0.2, 0.25) is 0 Å². The van der Waals surface area contributed by atoms with Crippen LogP contribution in [-0.2, 0) is 6.42 Å². The lowest BCUT2D eigenvalue weighted by atomic mass is 10.1. The fourth-order valence-electron chi connectivity index (χ4n) is 1.78. The van der Waals surface area contributed by atoms with Gasteiger partial charge in [0, 0.05) is 17.3 Å². The molecule has 2 rings (SSSR count). The zero-order valence-corrected chi connectivity index (χ0v) is 11.0. The molecule has 0 radical (unpaired) electrons. The van der Waals surface area contributed by atoms with Crippen molar-refractivity contribution in [1.82, 2.24) is 9.97 Å². The highest BCUT2D eigenvalue weighted by atomic mass is 32.2. The maximum Gasteiger partial charge on any atom is 0.0918 e. The number of rotatable bonds is 4. The number of pyridine rings is 2. The van der Waals surface area contributed by atoms with Gasteiger partial charge >= 0.3 is 0 Å². The second-order valence-electron chi connectivity index (χ2n) is 3.84. The van der Waals surface area contributed by atoms with Crippen molar-refractivity contribution in [3.63, 3.8) is 0 Å². The molecule has 0 saturated heterocycles. The van der Waals surface area contributed by atoms with E-state index >= 15 is 0 Å². The molecule has 0 atom stereocenters. The third-order valence-corrected chi connectivity index (χ3v) is 3.34. The molecule has 0 amide bonds. The summed E-state index contributed by atoms with van der Waals surface area (Å²) in [4.78, 5) is 10.1. The number of nitrogens with zero attached hydrogens (tertiary/aromatic N) is 2. The molecule has 0 bridgehead atoms. The summed E-state index contributed by atoms with van der Waals surface area (Å²) in [6, 6.07) is 8.27. The minimum atomic E-state index is 0.965. The molecule has 0 N–H and O–H groups in total. The van der Waals surface area contributed by atoms with Crippen molar-refractivity contribution < 1.29 is 0 Å². The van der Waals surface area contributed by atoms with Crippen molar-refractivity contribution in [3.05, 3.63) is 42.2 Å². The van der Waals surface area contributed by atoms with E-state index in [1.807, 2.05) is 24.5 Å². The lowest BCUT2D eigenvalue weighted by Gasteiger charge is -2.07. The molecule has 17 heavy (non-hydrogen) atoms. The van der Waals surface area contributed by atoms with Crippen LogP contribution in [0.15, 0.2) is 41.6 Å². The average Bonchev–Trinajstić information content (AvgIpc) is 2.40. The lowest BCUT2D eigenvalue weighted by molar-refractivity contribution is 0.914. The van der Waals surface area contributed by atoms with Gasteiger partial charge in [0.1, 0.15) is 0 Å². The number of hydrogen-bond donors (Lipinski definition) is 0. The number of aromatic nitrogens is 2. The number of hydrogen-bond acceptors (Lipinski definition) is 3. The van der Waals surface area contributed by atoms with Crippen LogP contribution in [0.25, 0.3) is 11.4 Å². The van der Waals surface area contributed by atoms with E-state index in [0.29, 0.717) is 0 Å². The molecule has 0 aliphatic rings. The van der Waals surface area contributed by atoms with Gasteiger partial charge in [-0.2, -0.15) is 0 Å². The Bertz CT molecular complexity index is 480. The largest absolute Gasteiger partial charge is 0.254 e. The van der Waals surface area contributed by atoms with Crippen LogP contribution in [0.1, 0.15) is 18.9 Å². The van der Waals surface area contributed by atoms with Crippen LogP contribution in [0.5, 0.6) is 0 Å². The minimum absolute atomic E-state index is 0.965. The summed E-state index contributed by atoms with van der Waals surface area (Å²) in [5.41, 5.74) is 3.26. The first-order chi connectivity index (χ1) is 8.35. The summed E-state index contributed by atoms with van der Waals surface area (Å²) >= 11 is 1.70. The van der Waals surface area contributed by atoms with Crippen LogP contribution in [0.4, 0.5) is 0 Å². The van der Waals surface area contributed by atoms with E-state index in [-0.39, 0.29) is 0 Å². The van der Waals surface area contributed by atoms with E-state index in [0.717, 1.165) is 24.2 Å². The van der Waals surface area contributed by atoms with Crippen molar-refractivity contribution >= 4 is 11.8 Å². The Kier molecular flexibility index (Phi) is 4.15.